The summed E-state index contributed by atoms with van der Waals surface area (Å²) in [5, 5.41) is 22.5. The molecule has 3 rings (SSSR count). The van der Waals surface area contributed by atoms with Crippen LogP contribution in [0.5, 0.6) is 0 Å². The first-order valence-electron chi connectivity index (χ1n) is 7.72. The molecule has 1 atom stereocenters. The minimum Gasteiger partial charge on any atom is -0.388 e. The fourth-order valence-corrected chi connectivity index (χ4v) is 2.98. The van der Waals surface area contributed by atoms with Crippen molar-refractivity contribution in [2.75, 3.05) is 13.1 Å². The van der Waals surface area contributed by atoms with Gasteiger partial charge in [0.2, 0.25) is 0 Å². The zero-order valence-corrected chi connectivity index (χ0v) is 13.4. The Labute approximate surface area is 140 Å². The maximum Gasteiger partial charge on any atom is 0.432 e. The molecule has 0 spiro atoms. The highest BCUT2D eigenvalue weighted by Crippen LogP contribution is 2.29. The van der Waals surface area contributed by atoms with Crippen molar-refractivity contribution in [2.24, 2.45) is 7.05 Å². The summed E-state index contributed by atoms with van der Waals surface area (Å²) in [6.07, 6.45) is -3.11. The molecule has 0 aromatic carbocycles. The van der Waals surface area contributed by atoms with Crippen LogP contribution in [0.1, 0.15) is 46.6 Å². The average Bonchev–Trinajstić information content (AvgIpc) is 3.20. The fraction of sp³-hybridized carbons (Fsp3) is 0.571. The Morgan fingerprint density at radius 3 is 2.80 bits per heavy atom. The van der Waals surface area contributed by atoms with Gasteiger partial charge in [0, 0.05) is 32.1 Å². The maximum atomic E-state index is 12.6. The zero-order valence-electron chi connectivity index (χ0n) is 13.4. The Morgan fingerprint density at radius 1 is 1.44 bits per heavy atom. The van der Waals surface area contributed by atoms with Gasteiger partial charge < -0.3 is 14.6 Å². The molecule has 0 saturated carbocycles. The number of H-pyrrole nitrogens is 1. The highest BCUT2D eigenvalue weighted by atomic mass is 19.4. The van der Waals surface area contributed by atoms with Crippen LogP contribution in [-0.4, -0.2) is 54.0 Å². The molecule has 1 aliphatic rings. The molecule has 1 amide bonds. The first kappa shape index (κ1) is 17.4. The molecule has 11 heteroatoms. The number of hydrogen-bond donors (Lipinski definition) is 2. The molecule has 2 aromatic heterocycles. The molecule has 1 fully saturated rings. The molecule has 136 valence electrons. The molecule has 2 aromatic rings. The Bertz CT molecular complexity index is 769. The van der Waals surface area contributed by atoms with Crippen molar-refractivity contribution in [2.45, 2.75) is 31.5 Å². The second-order valence-corrected chi connectivity index (χ2v) is 5.95. The van der Waals surface area contributed by atoms with Gasteiger partial charge in [-0.1, -0.05) is 0 Å². The van der Waals surface area contributed by atoms with Crippen molar-refractivity contribution in [3.63, 3.8) is 0 Å². The van der Waals surface area contributed by atoms with E-state index in [1.54, 1.807) is 11.6 Å². The molecule has 0 bridgehead atoms. The van der Waals surface area contributed by atoms with Gasteiger partial charge in [0.1, 0.15) is 18.1 Å². The first-order valence-corrected chi connectivity index (χ1v) is 7.72. The van der Waals surface area contributed by atoms with Crippen LogP contribution >= 0.6 is 0 Å². The van der Waals surface area contributed by atoms with Crippen molar-refractivity contribution in [3.05, 3.63) is 29.1 Å². The van der Waals surface area contributed by atoms with E-state index in [0.29, 0.717) is 31.2 Å². The number of nitrogens with one attached hydrogen (secondary N) is 1. The van der Waals surface area contributed by atoms with E-state index in [9.17, 15) is 23.1 Å². The Hall–Kier alpha value is -2.43. The number of aliphatic hydroxyl groups excluding tert-OH is 1. The number of aromatic nitrogens is 5. The van der Waals surface area contributed by atoms with Crippen LogP contribution in [0, 0.1) is 0 Å². The quantitative estimate of drug-likeness (QED) is 0.855. The van der Waals surface area contributed by atoms with Crippen LogP contribution < -0.4 is 0 Å². The molecular weight excluding hydrogens is 341 g/mol. The number of alkyl halides is 3. The minimum absolute atomic E-state index is 0.100. The van der Waals surface area contributed by atoms with E-state index < -0.39 is 17.8 Å². The van der Waals surface area contributed by atoms with Crippen molar-refractivity contribution in [1.82, 2.24) is 29.9 Å². The van der Waals surface area contributed by atoms with Gasteiger partial charge in [0.25, 0.3) is 5.91 Å². The number of carbonyl (C=O) groups excluding carboxylic acids is 1. The lowest BCUT2D eigenvalue weighted by Gasteiger charge is -2.31. The monoisotopic (exact) mass is 358 g/mol. The topological polar surface area (TPSA) is 99.9 Å². The summed E-state index contributed by atoms with van der Waals surface area (Å²) in [5.41, 5.74) is -1.31. The first-order chi connectivity index (χ1) is 11.8. The highest BCUT2D eigenvalue weighted by Gasteiger charge is 2.35. The molecule has 1 saturated heterocycles. The van der Waals surface area contributed by atoms with Gasteiger partial charge in [-0.3, -0.25) is 9.89 Å². The molecule has 1 aliphatic heterocycles. The van der Waals surface area contributed by atoms with E-state index in [-0.39, 0.29) is 18.2 Å². The summed E-state index contributed by atoms with van der Waals surface area (Å²) in [6.45, 7) is 0.505. The second kappa shape index (κ2) is 6.47. The molecule has 2 N–H and O–H groups in total. The Kier molecular flexibility index (Phi) is 4.50. The molecule has 0 radical (unpaired) electrons. The third-order valence-corrected chi connectivity index (χ3v) is 4.32. The van der Waals surface area contributed by atoms with Gasteiger partial charge in [0.15, 0.2) is 11.5 Å². The van der Waals surface area contributed by atoms with E-state index in [4.69, 9.17) is 0 Å². The lowest BCUT2D eigenvalue weighted by atomic mass is 9.97. The summed E-state index contributed by atoms with van der Waals surface area (Å²) >= 11 is 0. The molecule has 0 unspecified atom stereocenters. The van der Waals surface area contributed by atoms with Gasteiger partial charge in [-0.15, -0.1) is 10.2 Å². The smallest absolute Gasteiger partial charge is 0.388 e. The van der Waals surface area contributed by atoms with Crippen molar-refractivity contribution < 1.29 is 23.1 Å². The molecule has 0 aliphatic carbocycles. The lowest BCUT2D eigenvalue weighted by Crippen LogP contribution is -2.40. The minimum atomic E-state index is -4.57. The number of amides is 1. The van der Waals surface area contributed by atoms with Crippen LogP contribution in [0.2, 0.25) is 0 Å². The van der Waals surface area contributed by atoms with Crippen LogP contribution in [0.25, 0.3) is 0 Å². The van der Waals surface area contributed by atoms with Gasteiger partial charge in [-0.05, 0) is 12.8 Å². The molecular formula is C14H17F3N6O2. The van der Waals surface area contributed by atoms with Crippen LogP contribution in [0.3, 0.4) is 0 Å². The third-order valence-electron chi connectivity index (χ3n) is 4.32. The summed E-state index contributed by atoms with van der Waals surface area (Å²) in [5.74, 6) is 0.401. The normalized spacial score (nSPS) is 18.6. The number of aliphatic hydroxyl groups is 1. The van der Waals surface area contributed by atoms with Crippen molar-refractivity contribution in [3.8, 4) is 0 Å². The van der Waals surface area contributed by atoms with E-state index >= 15 is 0 Å². The second-order valence-electron chi connectivity index (χ2n) is 5.95. The SMILES string of the molecule is Cn1c(CO)nnc1[C@@H]1CCCN(C(=O)c2cc(C(F)(F)F)[nH]n2)C1. The van der Waals surface area contributed by atoms with E-state index in [1.807, 2.05) is 5.10 Å². The van der Waals surface area contributed by atoms with Gasteiger partial charge in [-0.25, -0.2) is 0 Å². The van der Waals surface area contributed by atoms with Crippen molar-refractivity contribution >= 4 is 5.91 Å². The summed E-state index contributed by atoms with van der Waals surface area (Å²) < 4.78 is 39.6. The number of nitrogens with zero attached hydrogens (tertiary/aromatic N) is 5. The Morgan fingerprint density at radius 2 is 2.20 bits per heavy atom. The van der Waals surface area contributed by atoms with Gasteiger partial charge in [-0.2, -0.15) is 18.3 Å². The number of rotatable bonds is 3. The number of hydrogen-bond acceptors (Lipinski definition) is 5. The summed E-state index contributed by atoms with van der Waals surface area (Å²) in [6, 6.07) is 0.720. The van der Waals surface area contributed by atoms with Gasteiger partial charge in [0.05, 0.1) is 0 Å². The number of carbonyl (C=O) groups is 1. The number of aromatic amines is 1. The Balaban J connectivity index is 1.75. The summed E-state index contributed by atoms with van der Waals surface area (Å²) in [7, 11) is 1.73. The standard InChI is InChI=1S/C14H17F3N6O2/c1-22-11(7-24)20-21-12(22)8-3-2-4-23(6-8)13(25)9-5-10(19-18-9)14(15,16)17/h5,8,24H,2-4,6-7H2,1H3,(H,18,19)/t8-/m1/s1. The average molecular weight is 358 g/mol. The van der Waals surface area contributed by atoms with Crippen LogP contribution in [-0.2, 0) is 19.8 Å². The third kappa shape index (κ3) is 3.36. The van der Waals surface area contributed by atoms with E-state index in [2.05, 4.69) is 15.3 Å². The zero-order chi connectivity index (χ0) is 18.2. The molecule has 3 heterocycles. The molecule has 25 heavy (non-hydrogen) atoms. The fourth-order valence-electron chi connectivity index (χ4n) is 2.98. The van der Waals surface area contributed by atoms with Gasteiger partial charge >= 0.3 is 6.18 Å². The molecule has 8 nitrogen and oxygen atoms in total. The van der Waals surface area contributed by atoms with Crippen molar-refractivity contribution in [1.29, 1.82) is 0 Å². The number of likely N-dealkylation sites (tertiary alicyclic amines) is 1. The maximum absolute atomic E-state index is 12.6. The lowest BCUT2D eigenvalue weighted by molar-refractivity contribution is -0.141. The largest absolute Gasteiger partial charge is 0.432 e. The number of halogens is 3. The van der Waals surface area contributed by atoms with E-state index in [1.165, 1.54) is 4.90 Å². The van der Waals surface area contributed by atoms with E-state index in [0.717, 1.165) is 12.5 Å². The summed E-state index contributed by atoms with van der Waals surface area (Å²) in [4.78, 5) is 13.9. The highest BCUT2D eigenvalue weighted by molar-refractivity contribution is 5.92. The van der Waals surface area contributed by atoms with Crippen LogP contribution in [0.15, 0.2) is 6.07 Å². The van der Waals surface area contributed by atoms with Crippen LogP contribution in [0.4, 0.5) is 13.2 Å². The number of piperidine rings is 1. The predicted octanol–water partition coefficient (Wildman–Crippen LogP) is 1.07. The predicted molar refractivity (Wildman–Crippen MR) is 78.4 cm³/mol.